The second-order valence-electron chi connectivity index (χ2n) is 13.7. The second kappa shape index (κ2) is 18.9. The Bertz CT molecular complexity index is 2800. The molecule has 0 N–H and O–H groups in total. The molecule has 0 saturated heterocycles. The van der Waals surface area contributed by atoms with Crippen LogP contribution in [0.1, 0.15) is 5.56 Å². The fraction of sp³-hybridized carbons (Fsp3) is 0.0244. The molecule has 0 spiro atoms. The Morgan fingerprint density at radius 2 is 0.809 bits per heavy atom. The van der Waals surface area contributed by atoms with Gasteiger partial charge in [-0.3, -0.25) is 10.1 Å². The van der Waals surface area contributed by atoms with Gasteiger partial charge >= 0.3 is 5.88 Å². The van der Waals surface area contributed by atoms with E-state index in [0.717, 1.165) is 5.56 Å². The van der Waals surface area contributed by atoms with Gasteiger partial charge in [0, 0.05) is 11.6 Å². The van der Waals surface area contributed by atoms with E-state index in [1.807, 2.05) is 34.9 Å². The van der Waals surface area contributed by atoms with Crippen molar-refractivity contribution in [1.29, 1.82) is 0 Å². The van der Waals surface area contributed by atoms with Crippen LogP contribution in [0.2, 0.25) is 0 Å². The summed E-state index contributed by atoms with van der Waals surface area (Å²) in [6.45, 7) is 0.619. The summed E-state index contributed by atoms with van der Waals surface area (Å²) in [4.78, 5) is 14.5. The highest BCUT2D eigenvalue weighted by molar-refractivity contribution is 7.20. The lowest BCUT2D eigenvalue weighted by Gasteiger charge is -2.44. The quantitative estimate of drug-likeness (QED) is 0.0276. The summed E-state index contributed by atoms with van der Waals surface area (Å²) < 4.78 is 302. The Morgan fingerprint density at radius 3 is 1.15 bits per heavy atom. The molecule has 354 valence electrons. The minimum Gasteiger partial charge on any atom is -0.404 e. The first-order chi connectivity index (χ1) is 31.9. The van der Waals surface area contributed by atoms with Crippen LogP contribution in [0.4, 0.5) is 93.5 Å². The molecule has 68 heavy (non-hydrogen) atoms. The van der Waals surface area contributed by atoms with Crippen molar-refractivity contribution in [3.63, 3.8) is 0 Å². The van der Waals surface area contributed by atoms with Gasteiger partial charge in [0.2, 0.25) is 0 Å². The van der Waals surface area contributed by atoms with Crippen LogP contribution in [0.5, 0.6) is 11.6 Å². The monoisotopic (exact) mass is 987 g/mol. The smallest absolute Gasteiger partial charge is 0.392 e. The molecule has 1 heterocycles. The summed E-state index contributed by atoms with van der Waals surface area (Å²) in [6.07, 6.45) is -2.16. The minimum atomic E-state index is -7.22. The van der Waals surface area contributed by atoms with Crippen molar-refractivity contribution in [2.75, 3.05) is 0 Å². The van der Waals surface area contributed by atoms with E-state index < -0.39 is 149 Å². The average molecular weight is 987 g/mol. The van der Waals surface area contributed by atoms with Crippen molar-refractivity contribution in [2.24, 2.45) is 0 Å². The van der Waals surface area contributed by atoms with Crippen molar-refractivity contribution in [1.82, 2.24) is 4.98 Å². The fourth-order valence-electron chi connectivity index (χ4n) is 7.02. The van der Waals surface area contributed by atoms with E-state index >= 15 is 35.1 Å². The lowest BCUT2D eigenvalue weighted by Crippen LogP contribution is -2.81. The summed E-state index contributed by atoms with van der Waals surface area (Å²) in [6, 6.07) is 16.0. The van der Waals surface area contributed by atoms with E-state index in [-0.39, 0.29) is 5.69 Å². The van der Waals surface area contributed by atoms with Gasteiger partial charge in [-0.05, 0) is 6.07 Å². The first kappa shape index (κ1) is 49.7. The third-order valence-electron chi connectivity index (χ3n) is 9.95. The third kappa shape index (κ3) is 8.13. The molecule has 6 nitrogen and oxygen atoms in total. The van der Waals surface area contributed by atoms with Crippen LogP contribution in [0, 0.1) is 126 Å². The van der Waals surface area contributed by atoms with E-state index in [4.69, 9.17) is 4.74 Å². The highest BCUT2D eigenvalue weighted by Gasteiger charge is 2.52. The van der Waals surface area contributed by atoms with E-state index in [9.17, 15) is 62.8 Å². The van der Waals surface area contributed by atoms with Crippen LogP contribution >= 0.6 is 0 Å². The average Bonchev–Trinajstić information content (AvgIpc) is 3.32. The highest BCUT2D eigenvalue weighted by atomic mass is 19.2. The van der Waals surface area contributed by atoms with Crippen LogP contribution < -0.4 is 31.2 Å². The molecule has 0 fully saturated rings. The SMILES string of the molecule is Fc1c(F)c(F)c([B-](c2c(F)c(F)c(F)c(F)c2F)(c2c(F)c(F)c(F)c(F)c2F)c2c(F)c(F)c(F)c(F)c2F)c(F)c1F.O=[N+]([O-])c1cccc(Oc2cncc[n+]2Cc2ccccc2)c1. The molecule has 27 heteroatoms. The lowest BCUT2D eigenvalue weighted by molar-refractivity contribution is -0.692. The first-order valence-electron chi connectivity index (χ1n) is 18.0. The summed E-state index contributed by atoms with van der Waals surface area (Å²) in [5.41, 5.74) is -13.2. The maximum atomic E-state index is 15.4. The predicted octanol–water partition coefficient (Wildman–Crippen LogP) is 8.96. The molecule has 7 aromatic rings. The molecular weight excluding hydrogens is 973 g/mol. The van der Waals surface area contributed by atoms with Crippen LogP contribution in [0.25, 0.3) is 0 Å². The van der Waals surface area contributed by atoms with Crippen LogP contribution in [0.3, 0.4) is 0 Å². The lowest BCUT2D eigenvalue weighted by atomic mass is 9.12. The van der Waals surface area contributed by atoms with Crippen molar-refractivity contribution < 1.29 is 102 Å². The summed E-state index contributed by atoms with van der Waals surface area (Å²) >= 11 is 0. The maximum absolute atomic E-state index is 15.4. The molecule has 0 aliphatic carbocycles. The van der Waals surface area contributed by atoms with Crippen LogP contribution in [-0.4, -0.2) is 16.1 Å². The van der Waals surface area contributed by atoms with Gasteiger partial charge in [0.05, 0.1) is 17.2 Å². The Balaban J connectivity index is 0.000000276. The van der Waals surface area contributed by atoms with Gasteiger partial charge in [-0.1, -0.05) is 36.4 Å². The van der Waals surface area contributed by atoms with Crippen molar-refractivity contribution in [3.05, 3.63) is 205 Å². The minimum absolute atomic E-state index is 0.0130. The zero-order chi connectivity index (χ0) is 50.4. The van der Waals surface area contributed by atoms with Gasteiger partial charge in [0.15, 0.2) is 82.5 Å². The van der Waals surface area contributed by atoms with Gasteiger partial charge in [-0.25, -0.2) is 92.8 Å². The van der Waals surface area contributed by atoms with Gasteiger partial charge in [-0.2, -0.15) is 4.57 Å². The molecular formula is C41H14BF20N3O3. The number of ether oxygens (including phenoxy) is 1. The molecule has 0 radical (unpaired) electrons. The van der Waals surface area contributed by atoms with Crippen LogP contribution in [-0.2, 0) is 6.54 Å². The zero-order valence-electron chi connectivity index (χ0n) is 32.3. The van der Waals surface area contributed by atoms with Crippen molar-refractivity contribution >= 4 is 33.7 Å². The number of nitrogens with zero attached hydrogens (tertiary/aromatic N) is 3. The van der Waals surface area contributed by atoms with Gasteiger partial charge < -0.3 is 4.74 Å². The van der Waals surface area contributed by atoms with E-state index in [0.29, 0.717) is 18.2 Å². The third-order valence-corrected chi connectivity index (χ3v) is 9.95. The zero-order valence-corrected chi connectivity index (χ0v) is 32.3. The number of nitro groups is 1. The molecule has 0 unspecified atom stereocenters. The highest BCUT2D eigenvalue weighted by Crippen LogP contribution is 2.31. The molecule has 0 amide bonds. The number of benzene rings is 6. The van der Waals surface area contributed by atoms with E-state index in [1.54, 1.807) is 30.7 Å². The Hall–Kier alpha value is -7.74. The van der Waals surface area contributed by atoms with Crippen LogP contribution in [0.15, 0.2) is 73.2 Å². The summed E-state index contributed by atoms with van der Waals surface area (Å²) in [7, 11) is 0. The predicted molar refractivity (Wildman–Crippen MR) is 192 cm³/mol. The number of non-ortho nitro benzene ring substituents is 1. The normalized spacial score (nSPS) is 11.4. The van der Waals surface area contributed by atoms with Gasteiger partial charge in [0.25, 0.3) is 5.69 Å². The summed E-state index contributed by atoms with van der Waals surface area (Å²) in [5.74, 6) is -70.5. The number of rotatable bonds is 9. The number of aromatic nitrogens is 2. The fourth-order valence-corrected chi connectivity index (χ4v) is 7.02. The molecule has 0 aliphatic heterocycles. The van der Waals surface area contributed by atoms with E-state index in [1.165, 1.54) is 12.1 Å². The number of nitro benzene ring substituents is 1. The Labute approximate surface area is 364 Å². The van der Waals surface area contributed by atoms with Gasteiger partial charge in [0.1, 0.15) is 64.6 Å². The molecule has 0 bridgehead atoms. The molecule has 6 aromatic carbocycles. The first-order valence-corrected chi connectivity index (χ1v) is 18.0. The molecule has 0 atom stereocenters. The maximum Gasteiger partial charge on any atom is 0.392 e. The molecule has 0 saturated carbocycles. The number of hydrogen-bond donors (Lipinski definition) is 0. The summed E-state index contributed by atoms with van der Waals surface area (Å²) in [5, 5.41) is 10.8. The van der Waals surface area contributed by atoms with Gasteiger partial charge in [-0.15, -0.1) is 21.9 Å². The number of hydrogen-bond acceptors (Lipinski definition) is 4. The topological polar surface area (TPSA) is 69.1 Å². The second-order valence-corrected chi connectivity index (χ2v) is 13.7. The number of halogens is 20. The standard InChI is InChI=1S/C24BF20.C17H14N3O3/c26-5-1(6(27)14(35)21(42)13(5)34)25(2-7(28)15(36)22(43)16(37)8(2)29,3-9(30)17(38)23(44)18(39)10(3)31)4-11(32)19(40)24(45)20(41)12(4)33;21-20(22)15-7-4-8-16(11-15)23-17-12-18-9-10-19(17)13-14-5-2-1-3-6-14/h;1-12H,13H2/q-1;+1. The Kier molecular flexibility index (Phi) is 13.8. The van der Waals surface area contributed by atoms with E-state index in [2.05, 4.69) is 4.98 Å². The Morgan fingerprint density at radius 1 is 0.471 bits per heavy atom. The van der Waals surface area contributed by atoms with Crippen molar-refractivity contribution in [2.45, 2.75) is 6.54 Å². The molecule has 7 rings (SSSR count). The largest absolute Gasteiger partial charge is 0.404 e. The van der Waals surface area contributed by atoms with Crippen molar-refractivity contribution in [3.8, 4) is 11.6 Å². The molecule has 1 aromatic heterocycles. The molecule has 0 aliphatic rings.